The molecule has 0 amide bonds. The number of aromatic nitrogens is 3. The van der Waals surface area contributed by atoms with Crippen molar-refractivity contribution in [1.82, 2.24) is 15.2 Å². The summed E-state index contributed by atoms with van der Waals surface area (Å²) in [5.41, 5.74) is 1.46. The third-order valence-electron chi connectivity index (χ3n) is 2.71. The predicted molar refractivity (Wildman–Crippen MR) is 65.1 cm³/mol. The Hall–Kier alpha value is -1.71. The number of nitrogens with zero attached hydrogens (tertiary/aromatic N) is 2. The van der Waals surface area contributed by atoms with Gasteiger partial charge < -0.3 is 0 Å². The molecule has 0 radical (unpaired) electrons. The molecule has 0 fully saturated rings. The molecule has 0 atom stereocenters. The number of aromatic amines is 1. The Labute approximate surface area is 100 Å². The van der Waals surface area contributed by atoms with E-state index >= 15 is 0 Å². The lowest BCUT2D eigenvalue weighted by Gasteiger charge is -1.98. The lowest BCUT2D eigenvalue weighted by molar-refractivity contribution is 0.618. The van der Waals surface area contributed by atoms with Crippen LogP contribution < -0.4 is 0 Å². The van der Waals surface area contributed by atoms with Crippen LogP contribution in [0.15, 0.2) is 18.2 Å². The number of halogens is 1. The molecule has 0 saturated carbocycles. The van der Waals surface area contributed by atoms with E-state index in [4.69, 9.17) is 0 Å². The summed E-state index contributed by atoms with van der Waals surface area (Å²) < 4.78 is 13.1. The monoisotopic (exact) mass is 233 g/mol. The Kier molecular flexibility index (Phi) is 3.52. The Bertz CT molecular complexity index is 505. The summed E-state index contributed by atoms with van der Waals surface area (Å²) in [6, 6.07) is 4.92. The number of H-pyrrole nitrogens is 1. The minimum atomic E-state index is -0.199. The molecule has 0 spiro atoms. The van der Waals surface area contributed by atoms with Gasteiger partial charge in [-0.15, -0.1) is 0 Å². The molecule has 2 aromatic rings. The van der Waals surface area contributed by atoms with Gasteiger partial charge in [0.15, 0.2) is 5.82 Å². The van der Waals surface area contributed by atoms with Gasteiger partial charge in [0.1, 0.15) is 11.6 Å². The zero-order chi connectivity index (χ0) is 12.3. The highest BCUT2D eigenvalue weighted by Gasteiger charge is 2.07. The van der Waals surface area contributed by atoms with Crippen LogP contribution in [0.5, 0.6) is 0 Å². The molecule has 0 aliphatic heterocycles. The Morgan fingerprint density at radius 3 is 2.88 bits per heavy atom. The SMILES string of the molecule is CCCCc1nc(-c2ccc(F)c(C)c2)n[nH]1. The standard InChI is InChI=1S/C13H16FN3/c1-3-4-5-12-15-13(17-16-12)10-6-7-11(14)9(2)8-10/h6-8H,3-5H2,1-2H3,(H,15,16,17). The summed E-state index contributed by atoms with van der Waals surface area (Å²) in [4.78, 5) is 4.40. The third kappa shape index (κ3) is 2.70. The lowest BCUT2D eigenvalue weighted by Crippen LogP contribution is -1.88. The fraction of sp³-hybridized carbons (Fsp3) is 0.385. The van der Waals surface area contributed by atoms with Gasteiger partial charge in [-0.2, -0.15) is 5.10 Å². The van der Waals surface area contributed by atoms with E-state index in [-0.39, 0.29) is 5.82 Å². The second kappa shape index (κ2) is 5.08. The second-order valence-electron chi connectivity index (χ2n) is 4.17. The first-order chi connectivity index (χ1) is 8.20. The fourth-order valence-electron chi connectivity index (χ4n) is 1.66. The maximum Gasteiger partial charge on any atom is 0.181 e. The minimum absolute atomic E-state index is 0.199. The normalized spacial score (nSPS) is 10.8. The van der Waals surface area contributed by atoms with E-state index in [0.717, 1.165) is 30.7 Å². The molecule has 0 unspecified atom stereocenters. The molecule has 1 aromatic heterocycles. The van der Waals surface area contributed by atoms with Crippen molar-refractivity contribution in [3.05, 3.63) is 35.4 Å². The first-order valence-corrected chi connectivity index (χ1v) is 5.88. The average Bonchev–Trinajstić information content (AvgIpc) is 2.79. The van der Waals surface area contributed by atoms with Gasteiger partial charge in [-0.1, -0.05) is 13.3 Å². The summed E-state index contributed by atoms with van der Waals surface area (Å²) in [6.07, 6.45) is 3.13. The van der Waals surface area contributed by atoms with Crippen LogP contribution in [0.25, 0.3) is 11.4 Å². The van der Waals surface area contributed by atoms with Crippen molar-refractivity contribution in [2.45, 2.75) is 33.1 Å². The Morgan fingerprint density at radius 2 is 2.18 bits per heavy atom. The van der Waals surface area contributed by atoms with E-state index in [1.54, 1.807) is 19.1 Å². The van der Waals surface area contributed by atoms with E-state index in [1.807, 2.05) is 0 Å². The van der Waals surface area contributed by atoms with Crippen LogP contribution >= 0.6 is 0 Å². The van der Waals surface area contributed by atoms with E-state index in [1.165, 1.54) is 6.07 Å². The fourth-order valence-corrected chi connectivity index (χ4v) is 1.66. The van der Waals surface area contributed by atoms with Gasteiger partial charge in [0.2, 0.25) is 0 Å². The molecule has 3 nitrogen and oxygen atoms in total. The maximum absolute atomic E-state index is 13.1. The van der Waals surface area contributed by atoms with Gasteiger partial charge in [-0.25, -0.2) is 9.37 Å². The van der Waals surface area contributed by atoms with Gasteiger partial charge >= 0.3 is 0 Å². The number of benzene rings is 1. The first kappa shape index (κ1) is 11.8. The Morgan fingerprint density at radius 1 is 1.35 bits per heavy atom. The van der Waals surface area contributed by atoms with Crippen molar-refractivity contribution in [1.29, 1.82) is 0 Å². The molecule has 17 heavy (non-hydrogen) atoms. The smallest absolute Gasteiger partial charge is 0.181 e. The van der Waals surface area contributed by atoms with E-state index < -0.39 is 0 Å². The predicted octanol–water partition coefficient (Wildman–Crippen LogP) is 3.26. The minimum Gasteiger partial charge on any atom is -0.263 e. The topological polar surface area (TPSA) is 41.6 Å². The largest absolute Gasteiger partial charge is 0.263 e. The van der Waals surface area contributed by atoms with Gasteiger partial charge in [-0.3, -0.25) is 5.10 Å². The second-order valence-corrected chi connectivity index (χ2v) is 4.17. The van der Waals surface area contributed by atoms with Crippen LogP contribution in [0, 0.1) is 12.7 Å². The van der Waals surface area contributed by atoms with Crippen molar-refractivity contribution in [2.24, 2.45) is 0 Å². The average molecular weight is 233 g/mol. The molecule has 1 heterocycles. The highest BCUT2D eigenvalue weighted by atomic mass is 19.1. The first-order valence-electron chi connectivity index (χ1n) is 5.88. The van der Waals surface area contributed by atoms with Gasteiger partial charge in [0.25, 0.3) is 0 Å². The third-order valence-corrected chi connectivity index (χ3v) is 2.71. The van der Waals surface area contributed by atoms with Crippen LogP contribution in [-0.4, -0.2) is 15.2 Å². The molecule has 1 aromatic carbocycles. The molecular weight excluding hydrogens is 217 g/mol. The van der Waals surface area contributed by atoms with Crippen molar-refractivity contribution < 1.29 is 4.39 Å². The lowest BCUT2D eigenvalue weighted by atomic mass is 10.1. The summed E-state index contributed by atoms with van der Waals surface area (Å²) in [5.74, 6) is 1.33. The van der Waals surface area contributed by atoms with E-state index in [9.17, 15) is 4.39 Å². The zero-order valence-electron chi connectivity index (χ0n) is 10.1. The summed E-state index contributed by atoms with van der Waals surface area (Å²) in [7, 11) is 0. The molecule has 0 aliphatic rings. The van der Waals surface area contributed by atoms with Crippen LogP contribution in [0.2, 0.25) is 0 Å². The van der Waals surface area contributed by atoms with E-state index in [0.29, 0.717) is 11.4 Å². The number of hydrogen-bond donors (Lipinski definition) is 1. The highest BCUT2D eigenvalue weighted by Crippen LogP contribution is 2.18. The van der Waals surface area contributed by atoms with E-state index in [2.05, 4.69) is 22.1 Å². The number of aryl methyl sites for hydroxylation is 2. The molecule has 0 saturated heterocycles. The molecule has 2 rings (SSSR count). The van der Waals surface area contributed by atoms with Crippen LogP contribution in [0.3, 0.4) is 0 Å². The summed E-state index contributed by atoms with van der Waals surface area (Å²) in [5, 5.41) is 7.07. The van der Waals surface area contributed by atoms with Crippen LogP contribution in [-0.2, 0) is 6.42 Å². The molecular formula is C13H16FN3. The van der Waals surface area contributed by atoms with Crippen molar-refractivity contribution in [3.63, 3.8) is 0 Å². The summed E-state index contributed by atoms with van der Waals surface area (Å²) >= 11 is 0. The summed E-state index contributed by atoms with van der Waals surface area (Å²) in [6.45, 7) is 3.88. The quantitative estimate of drug-likeness (QED) is 0.880. The molecule has 0 bridgehead atoms. The van der Waals surface area contributed by atoms with Gasteiger partial charge in [0, 0.05) is 12.0 Å². The zero-order valence-corrected chi connectivity index (χ0v) is 10.1. The van der Waals surface area contributed by atoms with Crippen molar-refractivity contribution in [3.8, 4) is 11.4 Å². The number of hydrogen-bond acceptors (Lipinski definition) is 2. The van der Waals surface area contributed by atoms with Crippen LogP contribution in [0.4, 0.5) is 4.39 Å². The molecule has 90 valence electrons. The van der Waals surface area contributed by atoms with Crippen molar-refractivity contribution >= 4 is 0 Å². The Balaban J connectivity index is 2.21. The molecule has 4 heteroatoms. The van der Waals surface area contributed by atoms with Crippen molar-refractivity contribution in [2.75, 3.05) is 0 Å². The van der Waals surface area contributed by atoms with Gasteiger partial charge in [-0.05, 0) is 37.1 Å². The highest BCUT2D eigenvalue weighted by molar-refractivity contribution is 5.55. The van der Waals surface area contributed by atoms with Crippen LogP contribution in [0.1, 0.15) is 31.2 Å². The number of nitrogens with one attached hydrogen (secondary N) is 1. The number of unbranched alkanes of at least 4 members (excludes halogenated alkanes) is 1. The maximum atomic E-state index is 13.1. The molecule has 0 aliphatic carbocycles. The molecule has 1 N–H and O–H groups in total. The number of rotatable bonds is 4. The van der Waals surface area contributed by atoms with Gasteiger partial charge in [0.05, 0.1) is 0 Å².